The van der Waals surface area contributed by atoms with Gasteiger partial charge in [0.25, 0.3) is 12.3 Å². The maximum atomic E-state index is 13.4. The molecule has 2 fully saturated rings. The molecule has 2 atom stereocenters. The summed E-state index contributed by atoms with van der Waals surface area (Å²) in [4.78, 5) is 19.8. The van der Waals surface area contributed by atoms with Gasteiger partial charge >= 0.3 is 0 Å². The SMILES string of the molecule is O=C(c1cc2c(cn1)c(-c1coc3c1=CCCC=3)nn2CC(F)F)N1C2CCCC1CC2. The minimum absolute atomic E-state index is 0.103. The number of carbonyl (C=O) groups excluding carboxylic acids is 1. The zero-order valence-corrected chi connectivity index (χ0v) is 17.6. The second kappa shape index (κ2) is 7.53. The van der Waals surface area contributed by atoms with E-state index < -0.39 is 13.0 Å². The quantitative estimate of drug-likeness (QED) is 0.626. The number of furan rings is 1. The second-order valence-electron chi connectivity index (χ2n) is 8.95. The van der Waals surface area contributed by atoms with Gasteiger partial charge in [0.15, 0.2) is 0 Å². The van der Waals surface area contributed by atoms with E-state index in [1.165, 1.54) is 4.68 Å². The van der Waals surface area contributed by atoms with Crippen molar-refractivity contribution in [1.82, 2.24) is 19.7 Å². The van der Waals surface area contributed by atoms with E-state index in [0.29, 0.717) is 22.3 Å². The van der Waals surface area contributed by atoms with Crippen LogP contribution in [-0.4, -0.2) is 44.1 Å². The number of pyridine rings is 1. The number of hydrogen-bond donors (Lipinski definition) is 0. The van der Waals surface area contributed by atoms with Gasteiger partial charge in [0, 0.05) is 34.4 Å². The number of halogens is 2. The van der Waals surface area contributed by atoms with E-state index in [1.54, 1.807) is 18.5 Å². The molecule has 8 heteroatoms. The van der Waals surface area contributed by atoms with E-state index in [2.05, 4.69) is 16.2 Å². The Hall–Kier alpha value is -3.03. The van der Waals surface area contributed by atoms with Gasteiger partial charge in [-0.25, -0.2) is 8.78 Å². The molecule has 2 unspecified atom stereocenters. The van der Waals surface area contributed by atoms with Crippen molar-refractivity contribution in [2.24, 2.45) is 0 Å². The molecule has 1 aliphatic carbocycles. The highest BCUT2D eigenvalue weighted by Gasteiger charge is 2.40. The van der Waals surface area contributed by atoms with Crippen molar-refractivity contribution in [2.45, 2.75) is 70.0 Å². The zero-order valence-electron chi connectivity index (χ0n) is 17.6. The normalized spacial score (nSPS) is 22.2. The van der Waals surface area contributed by atoms with Crippen LogP contribution in [0.4, 0.5) is 8.78 Å². The Morgan fingerprint density at radius 3 is 2.72 bits per heavy atom. The third-order valence-electron chi connectivity index (χ3n) is 7.05. The molecule has 2 bridgehead atoms. The summed E-state index contributed by atoms with van der Waals surface area (Å²) < 4.78 is 33.7. The summed E-state index contributed by atoms with van der Waals surface area (Å²) in [6.07, 6.45) is 11.9. The predicted molar refractivity (Wildman–Crippen MR) is 115 cm³/mol. The summed E-state index contributed by atoms with van der Waals surface area (Å²) >= 11 is 0. The average Bonchev–Trinajstić information content (AvgIpc) is 3.44. The number of hydrogen-bond acceptors (Lipinski definition) is 4. The van der Waals surface area contributed by atoms with Gasteiger partial charge in [0.2, 0.25) is 0 Å². The van der Waals surface area contributed by atoms with E-state index in [9.17, 15) is 13.6 Å². The first-order valence-corrected chi connectivity index (χ1v) is 11.4. The van der Waals surface area contributed by atoms with Gasteiger partial charge in [-0.2, -0.15) is 5.10 Å². The number of aromatic nitrogens is 3. The minimum Gasteiger partial charge on any atom is -0.464 e. The van der Waals surface area contributed by atoms with Crippen LogP contribution in [0.5, 0.6) is 0 Å². The molecular weight excluding hydrogens is 414 g/mol. The van der Waals surface area contributed by atoms with Crippen LogP contribution in [0.3, 0.4) is 0 Å². The minimum atomic E-state index is -2.56. The number of nitrogens with zero attached hydrogens (tertiary/aromatic N) is 4. The van der Waals surface area contributed by atoms with E-state index in [-0.39, 0.29) is 18.0 Å². The van der Waals surface area contributed by atoms with Gasteiger partial charge in [0.05, 0.1) is 5.52 Å². The summed E-state index contributed by atoms with van der Waals surface area (Å²) in [5, 5.41) is 6.09. The molecule has 32 heavy (non-hydrogen) atoms. The average molecular weight is 438 g/mol. The van der Waals surface area contributed by atoms with Gasteiger partial charge in [-0.05, 0) is 57.1 Å². The smallest absolute Gasteiger partial charge is 0.273 e. The monoisotopic (exact) mass is 438 g/mol. The number of amides is 1. The van der Waals surface area contributed by atoms with Crippen molar-refractivity contribution in [3.63, 3.8) is 0 Å². The highest BCUT2D eigenvalue weighted by Crippen LogP contribution is 2.37. The van der Waals surface area contributed by atoms with E-state index in [1.807, 2.05) is 11.0 Å². The van der Waals surface area contributed by atoms with Crippen LogP contribution >= 0.6 is 0 Å². The molecule has 0 N–H and O–H groups in total. The number of alkyl halides is 2. The Labute approximate surface area is 183 Å². The van der Waals surface area contributed by atoms with Crippen LogP contribution in [-0.2, 0) is 6.54 Å². The van der Waals surface area contributed by atoms with E-state index >= 15 is 0 Å². The first-order valence-electron chi connectivity index (χ1n) is 11.4. The summed E-state index contributed by atoms with van der Waals surface area (Å²) in [6, 6.07) is 2.17. The maximum absolute atomic E-state index is 13.4. The Morgan fingerprint density at radius 2 is 1.94 bits per heavy atom. The van der Waals surface area contributed by atoms with Gasteiger partial charge < -0.3 is 9.32 Å². The Balaban J connectivity index is 1.47. The summed E-state index contributed by atoms with van der Waals surface area (Å²) in [5.74, 6) is -0.103. The Bertz CT molecular complexity index is 1310. The zero-order chi connectivity index (χ0) is 21.8. The maximum Gasteiger partial charge on any atom is 0.273 e. The molecule has 166 valence electrons. The third kappa shape index (κ3) is 3.07. The summed E-state index contributed by atoms with van der Waals surface area (Å²) in [5.41, 5.74) is 2.90. The molecule has 2 aliphatic heterocycles. The molecule has 0 aromatic carbocycles. The number of fused-ring (bicyclic) bond motifs is 4. The lowest BCUT2D eigenvalue weighted by molar-refractivity contribution is 0.0589. The van der Waals surface area contributed by atoms with Crippen LogP contribution in [0.1, 0.15) is 55.4 Å². The van der Waals surface area contributed by atoms with E-state index in [0.717, 1.165) is 61.1 Å². The fourth-order valence-corrected chi connectivity index (χ4v) is 5.61. The Kier molecular flexibility index (Phi) is 4.62. The molecule has 2 saturated heterocycles. The molecule has 3 aromatic rings. The topological polar surface area (TPSA) is 64.2 Å². The first kappa shape index (κ1) is 19.6. The van der Waals surface area contributed by atoms with Crippen LogP contribution in [0, 0.1) is 0 Å². The van der Waals surface area contributed by atoms with Gasteiger partial charge in [-0.3, -0.25) is 14.5 Å². The van der Waals surface area contributed by atoms with Crippen molar-refractivity contribution in [3.05, 3.63) is 34.9 Å². The van der Waals surface area contributed by atoms with Crippen molar-refractivity contribution >= 4 is 29.0 Å². The largest absolute Gasteiger partial charge is 0.464 e. The molecular formula is C24H24F2N4O2. The molecule has 0 spiro atoms. The third-order valence-corrected chi connectivity index (χ3v) is 7.05. The first-order chi connectivity index (χ1) is 15.6. The Morgan fingerprint density at radius 1 is 1.16 bits per heavy atom. The molecule has 5 heterocycles. The molecule has 3 aromatic heterocycles. The predicted octanol–water partition coefficient (Wildman–Crippen LogP) is 3.47. The van der Waals surface area contributed by atoms with Gasteiger partial charge in [-0.1, -0.05) is 6.08 Å². The highest BCUT2D eigenvalue weighted by molar-refractivity contribution is 5.99. The van der Waals surface area contributed by atoms with Crippen LogP contribution in [0.25, 0.3) is 34.3 Å². The van der Waals surface area contributed by atoms with Crippen LogP contribution in [0.15, 0.2) is 22.9 Å². The molecule has 1 amide bonds. The standard InChI is InChI=1S/C24H24F2N4O2/c25-22(26)12-29-20-10-19(24(31)30-14-4-3-5-15(30)9-8-14)27-11-17(20)23(28-29)18-13-32-21-7-2-1-6-16(18)21/h6-7,10-11,13-15,22H,1-5,8-9,12H2. The fourth-order valence-electron chi connectivity index (χ4n) is 5.61. The lowest BCUT2D eigenvalue weighted by atomic mass is 10.0. The van der Waals surface area contributed by atoms with Gasteiger partial charge in [0.1, 0.15) is 29.6 Å². The summed E-state index contributed by atoms with van der Waals surface area (Å²) in [6.45, 7) is -0.543. The number of rotatable bonds is 4. The second-order valence-corrected chi connectivity index (χ2v) is 8.95. The van der Waals surface area contributed by atoms with Crippen LogP contribution in [0.2, 0.25) is 0 Å². The van der Waals surface area contributed by atoms with Crippen molar-refractivity contribution in [1.29, 1.82) is 0 Å². The lowest BCUT2D eigenvalue weighted by Gasteiger charge is -2.34. The highest BCUT2D eigenvalue weighted by atomic mass is 19.3. The fraction of sp³-hybridized carbons (Fsp3) is 0.458. The molecule has 6 nitrogen and oxygen atoms in total. The number of piperidine rings is 1. The lowest BCUT2D eigenvalue weighted by Crippen LogP contribution is -2.44. The van der Waals surface area contributed by atoms with E-state index in [4.69, 9.17) is 4.42 Å². The molecule has 0 radical (unpaired) electrons. The van der Waals surface area contributed by atoms with Gasteiger partial charge in [-0.15, -0.1) is 0 Å². The summed E-state index contributed by atoms with van der Waals surface area (Å²) in [7, 11) is 0. The number of carbonyl (C=O) groups is 1. The van der Waals surface area contributed by atoms with Crippen molar-refractivity contribution in [3.8, 4) is 11.3 Å². The molecule has 0 saturated carbocycles. The molecule has 3 aliphatic rings. The van der Waals surface area contributed by atoms with Crippen molar-refractivity contribution < 1.29 is 18.0 Å². The van der Waals surface area contributed by atoms with Crippen molar-refractivity contribution in [2.75, 3.05) is 0 Å². The molecule has 6 rings (SSSR count). The van der Waals surface area contributed by atoms with Crippen LogP contribution < -0.4 is 10.6 Å².